The van der Waals surface area contributed by atoms with Gasteiger partial charge in [0.25, 0.3) is 0 Å². The lowest BCUT2D eigenvalue weighted by Gasteiger charge is -2.13. The highest BCUT2D eigenvalue weighted by molar-refractivity contribution is 9.10. The third-order valence-corrected chi connectivity index (χ3v) is 3.29. The second kappa shape index (κ2) is 4.97. The Morgan fingerprint density at radius 2 is 2.28 bits per heavy atom. The average molecular weight is 314 g/mol. The molecule has 6 heteroatoms. The van der Waals surface area contributed by atoms with Gasteiger partial charge in [-0.1, -0.05) is 15.9 Å². The SMILES string of the molecule is CC(NC(=O)C1COc2ccc(Br)cc21)C(=O)O. The Morgan fingerprint density at radius 1 is 1.56 bits per heavy atom. The number of ether oxygens (including phenoxy) is 1. The average Bonchev–Trinajstić information content (AvgIpc) is 2.71. The maximum absolute atomic E-state index is 12.0. The van der Waals surface area contributed by atoms with E-state index in [1.807, 2.05) is 12.1 Å². The van der Waals surface area contributed by atoms with Gasteiger partial charge in [0, 0.05) is 10.0 Å². The summed E-state index contributed by atoms with van der Waals surface area (Å²) < 4.78 is 6.26. The summed E-state index contributed by atoms with van der Waals surface area (Å²) in [5.74, 6) is -1.18. The van der Waals surface area contributed by atoms with Crippen LogP contribution in [0.5, 0.6) is 5.75 Å². The van der Waals surface area contributed by atoms with Crippen LogP contribution in [0.25, 0.3) is 0 Å². The van der Waals surface area contributed by atoms with Gasteiger partial charge >= 0.3 is 5.97 Å². The van der Waals surface area contributed by atoms with Crippen LogP contribution in [0.15, 0.2) is 22.7 Å². The molecule has 1 amide bonds. The first-order valence-electron chi connectivity index (χ1n) is 5.44. The van der Waals surface area contributed by atoms with Crippen molar-refractivity contribution in [2.75, 3.05) is 6.61 Å². The zero-order chi connectivity index (χ0) is 13.3. The molecule has 2 N–H and O–H groups in total. The molecule has 18 heavy (non-hydrogen) atoms. The van der Waals surface area contributed by atoms with Gasteiger partial charge in [-0.2, -0.15) is 0 Å². The summed E-state index contributed by atoms with van der Waals surface area (Å²) >= 11 is 3.33. The fourth-order valence-corrected chi connectivity index (χ4v) is 2.16. The molecule has 1 aliphatic rings. The van der Waals surface area contributed by atoms with Gasteiger partial charge in [-0.05, 0) is 25.1 Å². The van der Waals surface area contributed by atoms with Crippen LogP contribution in [0.3, 0.4) is 0 Å². The molecule has 1 aromatic rings. The second-order valence-electron chi connectivity index (χ2n) is 4.11. The van der Waals surface area contributed by atoms with Crippen LogP contribution >= 0.6 is 15.9 Å². The number of hydrogen-bond acceptors (Lipinski definition) is 3. The van der Waals surface area contributed by atoms with E-state index in [0.29, 0.717) is 5.75 Å². The largest absolute Gasteiger partial charge is 0.492 e. The number of carboxylic acids is 1. The molecule has 1 aromatic carbocycles. The summed E-state index contributed by atoms with van der Waals surface area (Å²) in [5, 5.41) is 11.2. The van der Waals surface area contributed by atoms with Gasteiger partial charge in [-0.3, -0.25) is 9.59 Å². The molecule has 0 fully saturated rings. The van der Waals surface area contributed by atoms with Gasteiger partial charge in [-0.25, -0.2) is 0 Å². The van der Waals surface area contributed by atoms with E-state index in [0.717, 1.165) is 10.0 Å². The predicted molar refractivity (Wildman–Crippen MR) is 67.6 cm³/mol. The van der Waals surface area contributed by atoms with Crippen molar-refractivity contribution in [1.82, 2.24) is 5.32 Å². The molecule has 0 aromatic heterocycles. The number of fused-ring (bicyclic) bond motifs is 1. The van der Waals surface area contributed by atoms with Gasteiger partial charge in [0.2, 0.25) is 5.91 Å². The van der Waals surface area contributed by atoms with Crippen molar-refractivity contribution in [2.24, 2.45) is 0 Å². The van der Waals surface area contributed by atoms with E-state index in [-0.39, 0.29) is 12.5 Å². The quantitative estimate of drug-likeness (QED) is 0.887. The molecule has 0 saturated heterocycles. The summed E-state index contributed by atoms with van der Waals surface area (Å²) in [6, 6.07) is 4.53. The van der Waals surface area contributed by atoms with Crippen molar-refractivity contribution in [3.63, 3.8) is 0 Å². The van der Waals surface area contributed by atoms with Crippen LogP contribution in [0.2, 0.25) is 0 Å². The normalized spacial score (nSPS) is 18.7. The van der Waals surface area contributed by atoms with Crippen LogP contribution < -0.4 is 10.1 Å². The maximum atomic E-state index is 12.0. The van der Waals surface area contributed by atoms with Crippen molar-refractivity contribution in [2.45, 2.75) is 18.9 Å². The molecule has 0 saturated carbocycles. The number of halogens is 1. The van der Waals surface area contributed by atoms with Crippen molar-refractivity contribution in [3.8, 4) is 5.75 Å². The molecule has 0 radical (unpaired) electrons. The molecule has 0 bridgehead atoms. The molecular formula is C12H12BrNO4. The Labute approximate surface area is 112 Å². The topological polar surface area (TPSA) is 75.6 Å². The Morgan fingerprint density at radius 3 is 2.94 bits per heavy atom. The van der Waals surface area contributed by atoms with E-state index >= 15 is 0 Å². The van der Waals surface area contributed by atoms with Crippen LogP contribution in [-0.2, 0) is 9.59 Å². The first kappa shape index (κ1) is 12.9. The number of carbonyl (C=O) groups is 2. The summed E-state index contributed by atoms with van der Waals surface area (Å²) in [5.41, 5.74) is 0.777. The number of rotatable bonds is 3. The molecule has 2 rings (SSSR count). The van der Waals surface area contributed by atoms with Gasteiger partial charge in [0.05, 0.1) is 0 Å². The standard InChI is InChI=1S/C12H12BrNO4/c1-6(12(16)17)14-11(15)9-5-18-10-3-2-7(13)4-8(9)10/h2-4,6,9H,5H2,1H3,(H,14,15)(H,16,17). The highest BCUT2D eigenvalue weighted by Gasteiger charge is 2.31. The summed E-state index contributed by atoms with van der Waals surface area (Å²) in [6.45, 7) is 1.67. The zero-order valence-electron chi connectivity index (χ0n) is 9.64. The number of hydrogen-bond donors (Lipinski definition) is 2. The Hall–Kier alpha value is -1.56. The highest BCUT2D eigenvalue weighted by atomic mass is 79.9. The van der Waals surface area contributed by atoms with E-state index in [9.17, 15) is 9.59 Å². The third-order valence-electron chi connectivity index (χ3n) is 2.80. The van der Waals surface area contributed by atoms with E-state index < -0.39 is 17.9 Å². The fraction of sp³-hybridized carbons (Fsp3) is 0.333. The van der Waals surface area contributed by atoms with Crippen LogP contribution in [0.4, 0.5) is 0 Å². The minimum absolute atomic E-state index is 0.240. The Balaban J connectivity index is 2.15. The summed E-state index contributed by atoms with van der Waals surface area (Å²) in [6.07, 6.45) is 0. The predicted octanol–water partition coefficient (Wildman–Crippen LogP) is 1.51. The van der Waals surface area contributed by atoms with E-state index in [1.54, 1.807) is 6.07 Å². The molecule has 0 spiro atoms. The number of amides is 1. The second-order valence-corrected chi connectivity index (χ2v) is 5.03. The van der Waals surface area contributed by atoms with Gasteiger partial charge in [-0.15, -0.1) is 0 Å². The third kappa shape index (κ3) is 2.48. The smallest absolute Gasteiger partial charge is 0.325 e. The van der Waals surface area contributed by atoms with Crippen molar-refractivity contribution < 1.29 is 19.4 Å². The van der Waals surface area contributed by atoms with Gasteiger partial charge < -0.3 is 15.2 Å². The summed E-state index contributed by atoms with van der Waals surface area (Å²) in [7, 11) is 0. The Bertz CT molecular complexity index is 503. The van der Waals surface area contributed by atoms with Crippen LogP contribution in [0, 0.1) is 0 Å². The number of carboxylic acid groups (broad SMARTS) is 1. The highest BCUT2D eigenvalue weighted by Crippen LogP contribution is 2.35. The zero-order valence-corrected chi connectivity index (χ0v) is 11.2. The van der Waals surface area contributed by atoms with Crippen molar-refractivity contribution in [1.29, 1.82) is 0 Å². The minimum Gasteiger partial charge on any atom is -0.492 e. The number of carbonyl (C=O) groups excluding carboxylic acids is 1. The first-order chi connectivity index (χ1) is 8.49. The molecule has 96 valence electrons. The van der Waals surface area contributed by atoms with Crippen LogP contribution in [-0.4, -0.2) is 29.6 Å². The maximum Gasteiger partial charge on any atom is 0.325 e. The number of aliphatic carboxylic acids is 1. The molecule has 5 nitrogen and oxygen atoms in total. The number of benzene rings is 1. The minimum atomic E-state index is -1.06. The molecule has 2 atom stereocenters. The molecule has 2 unspecified atom stereocenters. The molecular weight excluding hydrogens is 302 g/mol. The lowest BCUT2D eigenvalue weighted by molar-refractivity contribution is -0.141. The Kier molecular flexibility index (Phi) is 3.56. The van der Waals surface area contributed by atoms with Gasteiger partial charge in [0.1, 0.15) is 24.3 Å². The summed E-state index contributed by atoms with van der Waals surface area (Å²) in [4.78, 5) is 22.7. The van der Waals surface area contributed by atoms with Crippen LogP contribution in [0.1, 0.15) is 18.4 Å². The lowest BCUT2D eigenvalue weighted by atomic mass is 10.0. The molecule has 1 heterocycles. The van der Waals surface area contributed by atoms with E-state index in [4.69, 9.17) is 9.84 Å². The van der Waals surface area contributed by atoms with Gasteiger partial charge in [0.15, 0.2) is 0 Å². The van der Waals surface area contributed by atoms with E-state index in [2.05, 4.69) is 21.2 Å². The van der Waals surface area contributed by atoms with Crippen molar-refractivity contribution >= 4 is 27.8 Å². The monoisotopic (exact) mass is 313 g/mol. The molecule has 0 aliphatic carbocycles. The van der Waals surface area contributed by atoms with E-state index in [1.165, 1.54) is 6.92 Å². The fourth-order valence-electron chi connectivity index (χ4n) is 1.78. The first-order valence-corrected chi connectivity index (χ1v) is 6.23. The number of nitrogens with one attached hydrogen (secondary N) is 1. The van der Waals surface area contributed by atoms with Crippen molar-refractivity contribution in [3.05, 3.63) is 28.2 Å². The molecule has 1 aliphatic heterocycles. The lowest BCUT2D eigenvalue weighted by Crippen LogP contribution is -2.41.